The van der Waals surface area contributed by atoms with Crippen LogP contribution in [0.4, 0.5) is 0 Å². The molecular weight excluding hydrogens is 356 g/mol. The maximum atomic E-state index is 11.9. The standard InChI is InChI=1S/C16H16N6OS2/c1-11(13-9-5-6-10-17-13)19-21-16(25)22-20-15(24)18-14(23)12-7-3-2-4-8-12/h2-10H,1H3,(H2,21,22,25)(H2,18,20,23,24)/b19-11-. The van der Waals surface area contributed by atoms with Crippen molar-refractivity contribution in [3.8, 4) is 0 Å². The number of amides is 1. The second kappa shape index (κ2) is 9.40. The Balaban J connectivity index is 1.76. The Kier molecular flexibility index (Phi) is 6.93. The lowest BCUT2D eigenvalue weighted by atomic mass is 10.2. The lowest BCUT2D eigenvalue weighted by Gasteiger charge is -2.12. The van der Waals surface area contributed by atoms with Gasteiger partial charge in [-0.3, -0.25) is 31.4 Å². The third-order valence-corrected chi connectivity index (χ3v) is 3.31. The third kappa shape index (κ3) is 6.24. The molecule has 9 heteroatoms. The normalized spacial score (nSPS) is 10.5. The first-order valence-electron chi connectivity index (χ1n) is 7.24. The molecule has 0 radical (unpaired) electrons. The zero-order chi connectivity index (χ0) is 18.1. The van der Waals surface area contributed by atoms with E-state index < -0.39 is 0 Å². The summed E-state index contributed by atoms with van der Waals surface area (Å²) in [5.41, 5.74) is 9.80. The molecular formula is C16H16N6OS2. The van der Waals surface area contributed by atoms with Crippen LogP contribution in [-0.2, 0) is 0 Å². The van der Waals surface area contributed by atoms with Gasteiger partial charge in [0.05, 0.1) is 11.4 Å². The zero-order valence-corrected chi connectivity index (χ0v) is 14.9. The van der Waals surface area contributed by atoms with Gasteiger partial charge in [-0.05, 0) is 55.6 Å². The fourth-order valence-corrected chi connectivity index (χ4v) is 1.95. The number of hydrazine groups is 1. The van der Waals surface area contributed by atoms with E-state index in [4.69, 9.17) is 24.4 Å². The second-order valence-corrected chi connectivity index (χ2v) is 5.57. The van der Waals surface area contributed by atoms with Crippen LogP contribution in [0.1, 0.15) is 23.0 Å². The summed E-state index contributed by atoms with van der Waals surface area (Å²) in [6, 6.07) is 14.3. The maximum absolute atomic E-state index is 11.9. The molecule has 25 heavy (non-hydrogen) atoms. The molecule has 128 valence electrons. The van der Waals surface area contributed by atoms with Gasteiger partial charge in [0.1, 0.15) is 0 Å². The molecule has 4 N–H and O–H groups in total. The summed E-state index contributed by atoms with van der Waals surface area (Å²) in [4.78, 5) is 16.1. The molecule has 0 aliphatic carbocycles. The minimum atomic E-state index is -0.317. The molecule has 1 heterocycles. The molecule has 1 aromatic heterocycles. The first kappa shape index (κ1) is 18.4. The number of thiocarbonyl (C=S) groups is 2. The van der Waals surface area contributed by atoms with Crippen molar-refractivity contribution < 1.29 is 4.79 Å². The summed E-state index contributed by atoms with van der Waals surface area (Å²) in [6.45, 7) is 1.80. The van der Waals surface area contributed by atoms with Gasteiger partial charge in [-0.1, -0.05) is 24.3 Å². The predicted molar refractivity (Wildman–Crippen MR) is 105 cm³/mol. The average Bonchev–Trinajstić information content (AvgIpc) is 2.65. The van der Waals surface area contributed by atoms with Crippen molar-refractivity contribution in [2.24, 2.45) is 5.10 Å². The van der Waals surface area contributed by atoms with E-state index in [1.807, 2.05) is 24.3 Å². The van der Waals surface area contributed by atoms with Crippen molar-refractivity contribution in [3.63, 3.8) is 0 Å². The number of aromatic nitrogens is 1. The number of benzene rings is 1. The molecule has 0 saturated carbocycles. The summed E-state index contributed by atoms with van der Waals surface area (Å²) in [7, 11) is 0. The van der Waals surface area contributed by atoms with Crippen LogP contribution in [0.15, 0.2) is 59.8 Å². The number of hydrogen-bond donors (Lipinski definition) is 4. The Bertz CT molecular complexity index is 780. The molecule has 0 atom stereocenters. The lowest BCUT2D eigenvalue weighted by molar-refractivity contribution is 0.0976. The van der Waals surface area contributed by atoms with E-state index in [0.29, 0.717) is 11.3 Å². The van der Waals surface area contributed by atoms with Crippen LogP contribution in [0, 0.1) is 0 Å². The van der Waals surface area contributed by atoms with E-state index in [1.54, 1.807) is 37.4 Å². The lowest BCUT2D eigenvalue weighted by Crippen LogP contribution is -2.50. The van der Waals surface area contributed by atoms with E-state index >= 15 is 0 Å². The van der Waals surface area contributed by atoms with Gasteiger partial charge in [0.25, 0.3) is 5.91 Å². The molecule has 1 aromatic carbocycles. The average molecular weight is 372 g/mol. The molecule has 0 saturated heterocycles. The van der Waals surface area contributed by atoms with Crippen LogP contribution in [0.25, 0.3) is 0 Å². The molecule has 1 amide bonds. The Morgan fingerprint density at radius 2 is 1.68 bits per heavy atom. The fraction of sp³-hybridized carbons (Fsp3) is 0.0625. The van der Waals surface area contributed by atoms with Crippen LogP contribution in [0.3, 0.4) is 0 Å². The van der Waals surface area contributed by atoms with Crippen molar-refractivity contribution in [1.29, 1.82) is 0 Å². The van der Waals surface area contributed by atoms with Gasteiger partial charge in [-0.15, -0.1) is 0 Å². The Labute approximate surface area is 155 Å². The van der Waals surface area contributed by atoms with Gasteiger partial charge >= 0.3 is 0 Å². The summed E-state index contributed by atoms with van der Waals surface area (Å²) in [6.07, 6.45) is 1.68. The van der Waals surface area contributed by atoms with Crippen molar-refractivity contribution in [3.05, 3.63) is 66.0 Å². The molecule has 0 bridgehead atoms. The van der Waals surface area contributed by atoms with Crippen LogP contribution < -0.4 is 21.6 Å². The van der Waals surface area contributed by atoms with E-state index in [1.165, 1.54) is 0 Å². The van der Waals surface area contributed by atoms with E-state index in [2.05, 4.69) is 31.7 Å². The van der Waals surface area contributed by atoms with Crippen molar-refractivity contribution in [2.45, 2.75) is 6.92 Å². The quantitative estimate of drug-likeness (QED) is 0.369. The Morgan fingerprint density at radius 3 is 2.36 bits per heavy atom. The first-order valence-corrected chi connectivity index (χ1v) is 8.06. The van der Waals surface area contributed by atoms with Gasteiger partial charge in [0.2, 0.25) is 5.11 Å². The highest BCUT2D eigenvalue weighted by atomic mass is 32.1. The highest BCUT2D eigenvalue weighted by Gasteiger charge is 2.06. The van der Waals surface area contributed by atoms with Gasteiger partial charge in [-0.2, -0.15) is 5.10 Å². The molecule has 0 aliphatic heterocycles. The number of carbonyl (C=O) groups excluding carboxylic acids is 1. The molecule has 0 aliphatic rings. The van der Waals surface area contributed by atoms with Crippen molar-refractivity contribution >= 4 is 46.3 Å². The highest BCUT2D eigenvalue weighted by molar-refractivity contribution is 7.80. The Hall–Kier alpha value is -2.91. The predicted octanol–water partition coefficient (Wildman–Crippen LogP) is 1.49. The number of nitrogens with zero attached hydrogens (tertiary/aromatic N) is 2. The highest BCUT2D eigenvalue weighted by Crippen LogP contribution is 1.97. The number of carbonyl (C=O) groups is 1. The van der Waals surface area contributed by atoms with E-state index in [0.717, 1.165) is 5.69 Å². The maximum Gasteiger partial charge on any atom is 0.257 e. The van der Waals surface area contributed by atoms with E-state index in [-0.39, 0.29) is 16.1 Å². The van der Waals surface area contributed by atoms with Crippen molar-refractivity contribution in [1.82, 2.24) is 26.6 Å². The molecule has 0 fully saturated rings. The smallest absolute Gasteiger partial charge is 0.257 e. The van der Waals surface area contributed by atoms with Crippen LogP contribution in [-0.4, -0.2) is 26.8 Å². The number of rotatable bonds is 3. The first-order chi connectivity index (χ1) is 12.1. The van der Waals surface area contributed by atoms with Gasteiger partial charge in [-0.25, -0.2) is 0 Å². The van der Waals surface area contributed by atoms with E-state index in [9.17, 15) is 4.79 Å². The Morgan fingerprint density at radius 1 is 1.00 bits per heavy atom. The zero-order valence-electron chi connectivity index (χ0n) is 13.3. The fourth-order valence-electron chi connectivity index (χ4n) is 1.71. The minimum Gasteiger partial charge on any atom is -0.298 e. The topological polar surface area (TPSA) is 90.4 Å². The molecule has 0 spiro atoms. The number of hydrazone groups is 1. The minimum absolute atomic E-state index is 0.0865. The molecule has 7 nitrogen and oxygen atoms in total. The molecule has 0 unspecified atom stereocenters. The van der Waals surface area contributed by atoms with Gasteiger partial charge in [0.15, 0.2) is 5.11 Å². The van der Waals surface area contributed by atoms with Crippen LogP contribution >= 0.6 is 24.4 Å². The van der Waals surface area contributed by atoms with Gasteiger partial charge < -0.3 is 0 Å². The summed E-state index contributed by atoms with van der Waals surface area (Å²) >= 11 is 10.1. The number of pyridine rings is 1. The van der Waals surface area contributed by atoms with Crippen LogP contribution in [0.2, 0.25) is 0 Å². The monoisotopic (exact) mass is 372 g/mol. The molecule has 2 rings (SSSR count). The summed E-state index contributed by atoms with van der Waals surface area (Å²) in [5, 5.41) is 6.91. The largest absolute Gasteiger partial charge is 0.298 e. The number of hydrogen-bond acceptors (Lipinski definition) is 5. The summed E-state index contributed by atoms with van der Waals surface area (Å²) < 4.78 is 0. The van der Waals surface area contributed by atoms with Crippen molar-refractivity contribution in [2.75, 3.05) is 0 Å². The van der Waals surface area contributed by atoms with Gasteiger partial charge in [0, 0.05) is 11.8 Å². The number of nitrogens with one attached hydrogen (secondary N) is 4. The van der Waals surface area contributed by atoms with Crippen LogP contribution in [0.5, 0.6) is 0 Å². The second-order valence-electron chi connectivity index (χ2n) is 4.75. The molecule has 2 aromatic rings. The SMILES string of the molecule is C/C(=N/NC(=S)NNC(=S)NC(=O)c1ccccc1)c1ccccn1. The summed E-state index contributed by atoms with van der Waals surface area (Å²) in [5.74, 6) is -0.317. The third-order valence-electron chi connectivity index (χ3n) is 2.91.